The van der Waals surface area contributed by atoms with Gasteiger partial charge in [0.25, 0.3) is 5.91 Å². The summed E-state index contributed by atoms with van der Waals surface area (Å²) in [6.45, 7) is 0.333. The molecule has 0 atom stereocenters. The van der Waals surface area contributed by atoms with Gasteiger partial charge in [-0.15, -0.1) is 0 Å². The van der Waals surface area contributed by atoms with Gasteiger partial charge in [0.15, 0.2) is 0 Å². The first-order valence-corrected chi connectivity index (χ1v) is 10.5. The highest BCUT2D eigenvalue weighted by molar-refractivity contribution is 6.39. The minimum absolute atomic E-state index is 0.0755. The Balaban J connectivity index is 1.84. The second-order valence-electron chi connectivity index (χ2n) is 7.12. The lowest BCUT2D eigenvalue weighted by Gasteiger charge is -2.10. The number of nitrogens with one attached hydrogen (secondary N) is 2. The van der Waals surface area contributed by atoms with Crippen LogP contribution in [0.2, 0.25) is 10.0 Å². The number of benzene rings is 3. The topological polar surface area (TPSA) is 82.2 Å². The molecule has 4 aromatic rings. The van der Waals surface area contributed by atoms with Gasteiger partial charge >= 0.3 is 5.97 Å². The molecule has 1 heterocycles. The molecule has 0 aliphatic carbocycles. The molecule has 3 N–H and O–H groups in total. The third-order valence-corrected chi connectivity index (χ3v) is 5.50. The van der Waals surface area contributed by atoms with E-state index >= 15 is 0 Å². The van der Waals surface area contributed by atoms with E-state index in [2.05, 4.69) is 10.3 Å². The number of H-pyrrole nitrogens is 1. The minimum Gasteiger partial charge on any atom is -0.477 e. The van der Waals surface area contributed by atoms with E-state index in [0.29, 0.717) is 44.2 Å². The number of fused-ring (bicyclic) bond motifs is 1. The van der Waals surface area contributed by atoms with Gasteiger partial charge in [-0.1, -0.05) is 83.9 Å². The van der Waals surface area contributed by atoms with Gasteiger partial charge in [-0.05, 0) is 29.3 Å². The van der Waals surface area contributed by atoms with Crippen molar-refractivity contribution in [2.75, 3.05) is 0 Å². The number of amides is 1. The number of halogens is 2. The summed E-state index contributed by atoms with van der Waals surface area (Å²) >= 11 is 12.5. The molecule has 3 aromatic carbocycles. The lowest BCUT2D eigenvalue weighted by atomic mass is 10.00. The Bertz CT molecular complexity index is 1330. The highest BCUT2D eigenvalue weighted by Gasteiger charge is 2.21. The molecular weight excluding hydrogens is 447 g/mol. The molecule has 0 aliphatic heterocycles. The van der Waals surface area contributed by atoms with E-state index in [1.54, 1.807) is 30.3 Å². The van der Waals surface area contributed by atoms with Crippen molar-refractivity contribution >= 4 is 57.6 Å². The zero-order chi connectivity index (χ0) is 22.7. The second-order valence-corrected chi connectivity index (χ2v) is 7.96. The fraction of sp³-hybridized carbons (Fsp3) is 0.0400. The van der Waals surface area contributed by atoms with E-state index in [4.69, 9.17) is 23.2 Å². The van der Waals surface area contributed by atoms with Crippen molar-refractivity contribution in [1.82, 2.24) is 10.3 Å². The second kappa shape index (κ2) is 9.30. The number of rotatable bonds is 6. The monoisotopic (exact) mass is 464 g/mol. The largest absolute Gasteiger partial charge is 0.477 e. The van der Waals surface area contributed by atoms with E-state index in [1.165, 1.54) is 0 Å². The van der Waals surface area contributed by atoms with Crippen molar-refractivity contribution in [3.63, 3.8) is 0 Å². The molecule has 1 amide bonds. The quantitative estimate of drug-likeness (QED) is 0.304. The van der Waals surface area contributed by atoms with E-state index < -0.39 is 5.97 Å². The van der Waals surface area contributed by atoms with Crippen LogP contribution in [-0.4, -0.2) is 22.0 Å². The Morgan fingerprint density at radius 3 is 2.28 bits per heavy atom. The summed E-state index contributed by atoms with van der Waals surface area (Å²) in [5.74, 6) is -1.51. The number of carbonyl (C=O) groups is 2. The molecule has 0 saturated carbocycles. The van der Waals surface area contributed by atoms with Crippen molar-refractivity contribution in [3.8, 4) is 0 Å². The van der Waals surface area contributed by atoms with Gasteiger partial charge in [-0.3, -0.25) is 4.79 Å². The zero-order valence-electron chi connectivity index (χ0n) is 16.7. The van der Waals surface area contributed by atoms with Crippen LogP contribution >= 0.6 is 23.2 Å². The smallest absolute Gasteiger partial charge is 0.352 e. The maximum Gasteiger partial charge on any atom is 0.352 e. The molecule has 4 rings (SSSR count). The third kappa shape index (κ3) is 4.54. The number of carboxylic acids is 1. The SMILES string of the molecule is O=C(NCc1ccccc1)/C(=C/c1c(C(=O)O)[nH]c2cc(Cl)cc(Cl)c12)c1ccccc1. The molecule has 160 valence electrons. The minimum atomic E-state index is -1.17. The summed E-state index contributed by atoms with van der Waals surface area (Å²) < 4.78 is 0. The molecule has 0 spiro atoms. The molecule has 32 heavy (non-hydrogen) atoms. The standard InChI is InChI=1S/C25H18Cl2N2O3/c26-17-11-20(27)22-19(23(25(31)32)29-21(22)12-17)13-18(16-9-5-2-6-10-16)24(30)28-14-15-7-3-1-4-8-15/h1-13,29H,14H2,(H,28,30)(H,31,32)/b18-13+. The molecule has 0 radical (unpaired) electrons. The highest BCUT2D eigenvalue weighted by Crippen LogP contribution is 2.35. The fourth-order valence-electron chi connectivity index (χ4n) is 3.50. The van der Waals surface area contributed by atoms with Crippen LogP contribution in [0.3, 0.4) is 0 Å². The number of hydrogen-bond donors (Lipinski definition) is 3. The van der Waals surface area contributed by atoms with Crippen LogP contribution in [-0.2, 0) is 11.3 Å². The number of carbonyl (C=O) groups excluding carboxylic acids is 1. The van der Waals surface area contributed by atoms with Crippen molar-refractivity contribution in [3.05, 3.63) is 105 Å². The van der Waals surface area contributed by atoms with Crippen molar-refractivity contribution in [1.29, 1.82) is 0 Å². The van der Waals surface area contributed by atoms with Gasteiger partial charge in [0, 0.05) is 33.6 Å². The van der Waals surface area contributed by atoms with Crippen molar-refractivity contribution < 1.29 is 14.7 Å². The first-order valence-electron chi connectivity index (χ1n) is 9.77. The van der Waals surface area contributed by atoms with Crippen molar-refractivity contribution in [2.24, 2.45) is 0 Å². The molecule has 0 fully saturated rings. The van der Waals surface area contributed by atoms with Gasteiger partial charge in [0.1, 0.15) is 5.69 Å². The maximum atomic E-state index is 13.2. The maximum absolute atomic E-state index is 13.2. The average molecular weight is 465 g/mol. The fourth-order valence-corrected chi connectivity index (χ4v) is 4.10. The Kier molecular flexibility index (Phi) is 6.30. The first kappa shape index (κ1) is 21.7. The molecule has 0 bridgehead atoms. The average Bonchev–Trinajstić information content (AvgIpc) is 3.16. The van der Waals surface area contributed by atoms with Gasteiger partial charge in [0.05, 0.1) is 5.02 Å². The van der Waals surface area contributed by atoms with Gasteiger partial charge in [-0.25, -0.2) is 4.79 Å². The number of aromatic carboxylic acids is 1. The summed E-state index contributed by atoms with van der Waals surface area (Å²) in [5.41, 5.74) is 2.62. The van der Waals surface area contributed by atoms with Gasteiger partial charge in [0.2, 0.25) is 0 Å². The highest BCUT2D eigenvalue weighted by atomic mass is 35.5. The van der Waals surface area contributed by atoms with Crippen molar-refractivity contribution in [2.45, 2.75) is 6.54 Å². The van der Waals surface area contributed by atoms with Crippen LogP contribution < -0.4 is 5.32 Å². The van der Waals surface area contributed by atoms with Crippen LogP contribution in [0.15, 0.2) is 72.8 Å². The van der Waals surface area contributed by atoms with E-state index in [9.17, 15) is 14.7 Å². The van der Waals surface area contributed by atoms with E-state index in [0.717, 1.165) is 5.56 Å². The summed E-state index contributed by atoms with van der Waals surface area (Å²) in [6.07, 6.45) is 1.55. The summed E-state index contributed by atoms with van der Waals surface area (Å²) in [4.78, 5) is 28.0. The Labute approximate surface area is 194 Å². The lowest BCUT2D eigenvalue weighted by Crippen LogP contribution is -2.23. The predicted molar refractivity (Wildman–Crippen MR) is 128 cm³/mol. The molecule has 0 unspecified atom stereocenters. The van der Waals surface area contributed by atoms with E-state index in [1.807, 2.05) is 48.5 Å². The Morgan fingerprint density at radius 2 is 1.62 bits per heavy atom. The summed E-state index contributed by atoms with van der Waals surface area (Å²) in [7, 11) is 0. The number of aromatic amines is 1. The first-order chi connectivity index (χ1) is 15.4. The zero-order valence-corrected chi connectivity index (χ0v) is 18.2. The Morgan fingerprint density at radius 1 is 0.969 bits per heavy atom. The van der Waals surface area contributed by atoms with Crippen LogP contribution in [0, 0.1) is 0 Å². The third-order valence-electron chi connectivity index (χ3n) is 4.98. The summed E-state index contributed by atoms with van der Waals surface area (Å²) in [5, 5.41) is 13.8. The van der Waals surface area contributed by atoms with Crippen LogP contribution in [0.1, 0.15) is 27.2 Å². The lowest BCUT2D eigenvalue weighted by molar-refractivity contribution is -0.115. The molecule has 0 saturated heterocycles. The van der Waals surface area contributed by atoms with Gasteiger partial charge < -0.3 is 15.4 Å². The molecule has 5 nitrogen and oxygen atoms in total. The number of carboxylic acid groups (broad SMARTS) is 1. The van der Waals surface area contributed by atoms with E-state index in [-0.39, 0.29) is 11.6 Å². The molecule has 0 aliphatic rings. The van der Waals surface area contributed by atoms with Gasteiger partial charge in [-0.2, -0.15) is 0 Å². The molecule has 7 heteroatoms. The number of hydrogen-bond acceptors (Lipinski definition) is 2. The summed E-state index contributed by atoms with van der Waals surface area (Å²) in [6, 6.07) is 21.7. The van der Waals surface area contributed by atoms with Crippen LogP contribution in [0.4, 0.5) is 0 Å². The molecular formula is C25H18Cl2N2O3. The molecule has 1 aromatic heterocycles. The Hall–Kier alpha value is -3.54. The normalized spacial score (nSPS) is 11.5. The predicted octanol–water partition coefficient (Wildman–Crippen LogP) is 6.03. The van der Waals surface area contributed by atoms with Crippen LogP contribution in [0.5, 0.6) is 0 Å². The number of aromatic nitrogens is 1. The van der Waals surface area contributed by atoms with Crippen LogP contribution in [0.25, 0.3) is 22.6 Å².